The van der Waals surface area contributed by atoms with E-state index in [4.69, 9.17) is 11.6 Å². The van der Waals surface area contributed by atoms with Crippen LogP contribution in [0.3, 0.4) is 0 Å². The second kappa shape index (κ2) is 5.60. The average molecular weight is 318 g/mol. The molecule has 0 aliphatic carbocycles. The molecule has 1 N–H and O–H groups in total. The number of nitrogens with zero attached hydrogens (tertiary/aromatic N) is 2. The fourth-order valence-corrected chi connectivity index (χ4v) is 3.95. The number of amides is 1. The molecule has 2 aliphatic heterocycles. The van der Waals surface area contributed by atoms with Crippen molar-refractivity contribution in [1.29, 1.82) is 0 Å². The van der Waals surface area contributed by atoms with Crippen LogP contribution in [-0.4, -0.2) is 52.9 Å². The van der Waals surface area contributed by atoms with Gasteiger partial charge < -0.3 is 9.88 Å². The van der Waals surface area contributed by atoms with Gasteiger partial charge in [0.15, 0.2) is 0 Å². The molecule has 0 radical (unpaired) electrons. The summed E-state index contributed by atoms with van der Waals surface area (Å²) in [5.74, 6) is 0.112. The number of carbonyl (C=O) groups is 1. The van der Waals surface area contributed by atoms with Gasteiger partial charge in [0.1, 0.15) is 5.69 Å². The van der Waals surface area contributed by atoms with E-state index < -0.39 is 0 Å². The molecule has 0 bridgehead atoms. The Kier molecular flexibility index (Phi) is 3.59. The molecule has 1 amide bonds. The summed E-state index contributed by atoms with van der Waals surface area (Å²) in [5, 5.41) is 1.72. The Morgan fingerprint density at radius 2 is 2.05 bits per heavy atom. The van der Waals surface area contributed by atoms with Crippen LogP contribution >= 0.6 is 11.6 Å². The summed E-state index contributed by atoms with van der Waals surface area (Å²) >= 11 is 6.02. The molecular weight excluding hydrogens is 298 g/mol. The molecule has 3 heterocycles. The standard InChI is InChI=1S/C17H20ClN3O/c18-13-5-4-12-9-16(19-15(12)10-13)17(22)21-8-2-7-20-6-1-3-14(20)11-21/h4-5,9-10,14,19H,1-3,6-8,11H2. The first kappa shape index (κ1) is 14.1. The smallest absolute Gasteiger partial charge is 0.270 e. The molecule has 2 saturated heterocycles. The number of aromatic amines is 1. The van der Waals surface area contributed by atoms with Crippen molar-refractivity contribution in [3.63, 3.8) is 0 Å². The summed E-state index contributed by atoms with van der Waals surface area (Å²) in [5.41, 5.74) is 1.59. The number of nitrogens with one attached hydrogen (secondary N) is 1. The van der Waals surface area contributed by atoms with Crippen molar-refractivity contribution in [2.24, 2.45) is 0 Å². The van der Waals surface area contributed by atoms with Gasteiger partial charge in [-0.1, -0.05) is 17.7 Å². The molecule has 2 aliphatic rings. The fourth-order valence-electron chi connectivity index (χ4n) is 3.78. The number of benzene rings is 1. The first-order valence-electron chi connectivity index (χ1n) is 8.02. The van der Waals surface area contributed by atoms with Gasteiger partial charge in [-0.2, -0.15) is 0 Å². The van der Waals surface area contributed by atoms with Crippen molar-refractivity contribution in [3.05, 3.63) is 35.0 Å². The van der Waals surface area contributed by atoms with Crippen molar-refractivity contribution in [2.45, 2.75) is 25.3 Å². The van der Waals surface area contributed by atoms with Gasteiger partial charge in [-0.3, -0.25) is 9.69 Å². The maximum atomic E-state index is 12.8. The van der Waals surface area contributed by atoms with E-state index in [1.165, 1.54) is 19.4 Å². The Balaban J connectivity index is 1.59. The molecular formula is C17H20ClN3O. The van der Waals surface area contributed by atoms with E-state index in [9.17, 15) is 4.79 Å². The molecule has 22 heavy (non-hydrogen) atoms. The van der Waals surface area contributed by atoms with Crippen molar-refractivity contribution in [2.75, 3.05) is 26.2 Å². The zero-order valence-corrected chi connectivity index (χ0v) is 13.3. The van der Waals surface area contributed by atoms with E-state index in [0.717, 1.165) is 37.0 Å². The Bertz CT molecular complexity index is 711. The van der Waals surface area contributed by atoms with Crippen LogP contribution in [0.25, 0.3) is 10.9 Å². The second-order valence-corrected chi connectivity index (χ2v) is 6.79. The van der Waals surface area contributed by atoms with E-state index in [1.54, 1.807) is 0 Å². The normalized spacial score (nSPS) is 22.8. The van der Waals surface area contributed by atoms with Crippen LogP contribution in [0.2, 0.25) is 5.02 Å². The van der Waals surface area contributed by atoms with E-state index in [0.29, 0.717) is 16.8 Å². The van der Waals surface area contributed by atoms with Crippen LogP contribution < -0.4 is 0 Å². The minimum Gasteiger partial charge on any atom is -0.350 e. The van der Waals surface area contributed by atoms with Crippen LogP contribution in [0.15, 0.2) is 24.3 Å². The number of hydrogen-bond acceptors (Lipinski definition) is 2. The second-order valence-electron chi connectivity index (χ2n) is 6.35. The lowest BCUT2D eigenvalue weighted by atomic mass is 10.2. The van der Waals surface area contributed by atoms with E-state index in [1.807, 2.05) is 29.2 Å². The number of halogens is 1. The minimum absolute atomic E-state index is 0.112. The molecule has 0 spiro atoms. The molecule has 2 aromatic rings. The van der Waals surface area contributed by atoms with Gasteiger partial charge in [0.2, 0.25) is 0 Å². The highest BCUT2D eigenvalue weighted by Crippen LogP contribution is 2.24. The third kappa shape index (κ3) is 2.50. The van der Waals surface area contributed by atoms with E-state index in [2.05, 4.69) is 9.88 Å². The zero-order valence-electron chi connectivity index (χ0n) is 12.5. The number of H-pyrrole nitrogens is 1. The molecule has 1 atom stereocenters. The van der Waals surface area contributed by atoms with Crippen LogP contribution in [0.5, 0.6) is 0 Å². The van der Waals surface area contributed by atoms with Gasteiger partial charge in [0, 0.05) is 41.6 Å². The summed E-state index contributed by atoms with van der Waals surface area (Å²) < 4.78 is 0. The van der Waals surface area contributed by atoms with Crippen molar-refractivity contribution < 1.29 is 4.79 Å². The fraction of sp³-hybridized carbons (Fsp3) is 0.471. The van der Waals surface area contributed by atoms with Crippen molar-refractivity contribution >= 4 is 28.4 Å². The van der Waals surface area contributed by atoms with Gasteiger partial charge in [-0.15, -0.1) is 0 Å². The molecule has 4 nitrogen and oxygen atoms in total. The number of aromatic nitrogens is 1. The quantitative estimate of drug-likeness (QED) is 0.877. The topological polar surface area (TPSA) is 39.3 Å². The van der Waals surface area contributed by atoms with E-state index in [-0.39, 0.29) is 5.91 Å². The Morgan fingerprint density at radius 1 is 1.18 bits per heavy atom. The highest BCUT2D eigenvalue weighted by molar-refractivity contribution is 6.31. The van der Waals surface area contributed by atoms with Gasteiger partial charge in [0.05, 0.1) is 0 Å². The molecule has 116 valence electrons. The first-order valence-corrected chi connectivity index (χ1v) is 8.40. The van der Waals surface area contributed by atoms with Crippen molar-refractivity contribution in [1.82, 2.24) is 14.8 Å². The Morgan fingerprint density at radius 3 is 2.95 bits per heavy atom. The lowest BCUT2D eigenvalue weighted by Gasteiger charge is -2.25. The monoisotopic (exact) mass is 317 g/mol. The predicted octanol–water partition coefficient (Wildman–Crippen LogP) is 3.13. The molecule has 1 aromatic carbocycles. The summed E-state index contributed by atoms with van der Waals surface area (Å²) in [4.78, 5) is 20.6. The lowest BCUT2D eigenvalue weighted by Crippen LogP contribution is -2.39. The average Bonchev–Trinajstić information content (AvgIpc) is 3.07. The zero-order chi connectivity index (χ0) is 15.1. The Hall–Kier alpha value is -1.52. The molecule has 0 saturated carbocycles. The maximum absolute atomic E-state index is 12.8. The summed E-state index contributed by atoms with van der Waals surface area (Å²) in [6.07, 6.45) is 3.54. The van der Waals surface area contributed by atoms with Gasteiger partial charge in [0.25, 0.3) is 5.91 Å². The van der Waals surface area contributed by atoms with Gasteiger partial charge in [-0.05, 0) is 44.0 Å². The molecule has 5 heteroatoms. The van der Waals surface area contributed by atoms with Crippen molar-refractivity contribution in [3.8, 4) is 0 Å². The highest BCUT2D eigenvalue weighted by Gasteiger charge is 2.31. The number of fused-ring (bicyclic) bond motifs is 2. The maximum Gasteiger partial charge on any atom is 0.270 e. The van der Waals surface area contributed by atoms with Crippen LogP contribution in [0, 0.1) is 0 Å². The van der Waals surface area contributed by atoms with E-state index >= 15 is 0 Å². The molecule has 1 aromatic heterocycles. The molecule has 1 unspecified atom stereocenters. The number of rotatable bonds is 1. The highest BCUT2D eigenvalue weighted by atomic mass is 35.5. The van der Waals surface area contributed by atoms with Crippen LogP contribution in [-0.2, 0) is 0 Å². The molecule has 2 fully saturated rings. The minimum atomic E-state index is 0.112. The Labute approximate surface area is 135 Å². The summed E-state index contributed by atoms with van der Waals surface area (Å²) in [7, 11) is 0. The lowest BCUT2D eigenvalue weighted by molar-refractivity contribution is 0.0738. The van der Waals surface area contributed by atoms with Crippen LogP contribution in [0.1, 0.15) is 29.8 Å². The van der Waals surface area contributed by atoms with Crippen LogP contribution in [0.4, 0.5) is 0 Å². The van der Waals surface area contributed by atoms with Gasteiger partial charge >= 0.3 is 0 Å². The largest absolute Gasteiger partial charge is 0.350 e. The molecule has 4 rings (SSSR count). The predicted molar refractivity (Wildman–Crippen MR) is 88.4 cm³/mol. The van der Waals surface area contributed by atoms with Gasteiger partial charge in [-0.25, -0.2) is 0 Å². The number of carbonyl (C=O) groups excluding carboxylic acids is 1. The first-order chi connectivity index (χ1) is 10.7. The summed E-state index contributed by atoms with van der Waals surface area (Å²) in [6.45, 7) is 4.02. The summed E-state index contributed by atoms with van der Waals surface area (Å²) in [6, 6.07) is 8.16. The number of hydrogen-bond donors (Lipinski definition) is 1. The third-order valence-corrected chi connectivity index (χ3v) is 5.14. The third-order valence-electron chi connectivity index (χ3n) is 4.91. The SMILES string of the molecule is O=C(c1cc2ccc(Cl)cc2[nH]1)N1CCCN2CCCC2C1.